The van der Waals surface area contributed by atoms with Gasteiger partial charge in [-0.3, -0.25) is 9.59 Å². The Balaban J connectivity index is 0.00000392. The van der Waals surface area contributed by atoms with Gasteiger partial charge in [-0.05, 0) is 11.5 Å². The molecule has 1 N–H and O–H groups in total. The monoisotopic (exact) mass is 378 g/mol. The van der Waals surface area contributed by atoms with Gasteiger partial charge in [-0.15, -0.1) is 0 Å². The Bertz CT molecular complexity index is 710. The lowest BCUT2D eigenvalue weighted by Crippen LogP contribution is -2.54. The Hall–Kier alpha value is -2.90. The van der Waals surface area contributed by atoms with E-state index in [4.69, 9.17) is 4.74 Å². The van der Waals surface area contributed by atoms with Gasteiger partial charge < -0.3 is 19.7 Å². The molecule has 2 rings (SSSR count). The molecule has 0 saturated carbocycles. The number of nitrogens with one attached hydrogen (secondary N) is 1. The first kappa shape index (κ1) is 20.4. The minimum Gasteiger partial charge on any atom is -0.459 e. The number of carbonyl (C=O) groups excluding carboxylic acids is 4. The molecule has 2 amide bonds. The van der Waals surface area contributed by atoms with Crippen molar-refractivity contribution < 1.29 is 30.1 Å². The highest BCUT2D eigenvalue weighted by atomic mass is 16.5. The van der Waals surface area contributed by atoms with Crippen LogP contribution in [0.25, 0.3) is 0 Å². The molecule has 0 bridgehead atoms. The molecule has 1 aliphatic rings. The van der Waals surface area contributed by atoms with Crippen molar-refractivity contribution >= 4 is 23.8 Å². The summed E-state index contributed by atoms with van der Waals surface area (Å²) in [6.07, 6.45) is -0.849. The molecule has 148 valence electrons. The molecular formula is C19H26N2O6. The Labute approximate surface area is 159 Å². The number of Topliss-reactive ketones (excluding diaryl/α,β-unsaturated/α-hetero) is 1. The molecule has 1 fully saturated rings. The standard InChI is InChI=1S/C19H24N2O6.H2/c1-12(2)16(20-19(25)26-3)17(23)21-10-14(22)9-15(21)18(24)27-11-13-7-5-4-6-8-13;/h4-8,12,15-16H,9-11H2,1-3H3,(H,20,25);1H/t15-,16-;/m0./s1. The molecule has 8 nitrogen and oxygen atoms in total. The molecule has 0 radical (unpaired) electrons. The van der Waals surface area contributed by atoms with Crippen LogP contribution < -0.4 is 5.32 Å². The van der Waals surface area contributed by atoms with E-state index in [0.29, 0.717) is 0 Å². The van der Waals surface area contributed by atoms with Gasteiger partial charge in [0.05, 0.1) is 13.7 Å². The van der Waals surface area contributed by atoms with Crippen LogP contribution in [-0.4, -0.2) is 54.4 Å². The van der Waals surface area contributed by atoms with Crippen molar-refractivity contribution in [2.75, 3.05) is 13.7 Å². The Morgan fingerprint density at radius 1 is 1.26 bits per heavy atom. The smallest absolute Gasteiger partial charge is 0.407 e. The number of hydrogen-bond acceptors (Lipinski definition) is 6. The Morgan fingerprint density at radius 2 is 1.93 bits per heavy atom. The first-order valence-corrected chi connectivity index (χ1v) is 8.70. The van der Waals surface area contributed by atoms with E-state index in [1.165, 1.54) is 12.0 Å². The topological polar surface area (TPSA) is 102 Å². The molecule has 0 unspecified atom stereocenters. The van der Waals surface area contributed by atoms with Crippen molar-refractivity contribution in [2.24, 2.45) is 5.92 Å². The second-order valence-corrected chi connectivity index (χ2v) is 6.68. The van der Waals surface area contributed by atoms with Crippen LogP contribution in [0.3, 0.4) is 0 Å². The fraction of sp³-hybridized carbons (Fsp3) is 0.474. The Kier molecular flexibility index (Phi) is 6.92. The van der Waals surface area contributed by atoms with Gasteiger partial charge in [-0.1, -0.05) is 44.2 Å². The minimum atomic E-state index is -0.991. The van der Waals surface area contributed by atoms with Gasteiger partial charge in [0.1, 0.15) is 18.7 Å². The summed E-state index contributed by atoms with van der Waals surface area (Å²) in [5.74, 6) is -1.64. The largest absolute Gasteiger partial charge is 0.459 e. The van der Waals surface area contributed by atoms with Crippen LogP contribution in [0.4, 0.5) is 4.79 Å². The van der Waals surface area contributed by atoms with E-state index >= 15 is 0 Å². The predicted molar refractivity (Wildman–Crippen MR) is 97.6 cm³/mol. The number of ether oxygens (including phenoxy) is 2. The van der Waals surface area contributed by atoms with E-state index < -0.39 is 30.1 Å². The molecule has 1 heterocycles. The zero-order valence-electron chi connectivity index (χ0n) is 15.6. The number of likely N-dealkylation sites (tertiary alicyclic amines) is 1. The van der Waals surface area contributed by atoms with E-state index in [1.807, 2.05) is 30.3 Å². The molecule has 1 aromatic carbocycles. The molecule has 1 saturated heterocycles. The van der Waals surface area contributed by atoms with E-state index in [-0.39, 0.29) is 32.7 Å². The van der Waals surface area contributed by atoms with Crippen molar-refractivity contribution in [1.82, 2.24) is 10.2 Å². The third-order valence-electron chi connectivity index (χ3n) is 4.31. The maximum Gasteiger partial charge on any atom is 0.407 e. The highest BCUT2D eigenvalue weighted by Gasteiger charge is 2.43. The molecule has 27 heavy (non-hydrogen) atoms. The summed E-state index contributed by atoms with van der Waals surface area (Å²) in [4.78, 5) is 49.9. The van der Waals surface area contributed by atoms with E-state index in [2.05, 4.69) is 10.1 Å². The SMILES string of the molecule is COC(=O)N[C@H](C(=O)N1CC(=O)C[C@H]1C(=O)OCc1ccccc1)C(C)C.[HH]. The third-order valence-corrected chi connectivity index (χ3v) is 4.31. The molecule has 0 aromatic heterocycles. The van der Waals surface area contributed by atoms with Crippen LogP contribution in [0.15, 0.2) is 30.3 Å². The number of carbonyl (C=O) groups is 4. The number of hydrogen-bond donors (Lipinski definition) is 1. The summed E-state index contributed by atoms with van der Waals surface area (Å²) in [5, 5.41) is 2.46. The lowest BCUT2D eigenvalue weighted by molar-refractivity contribution is -0.155. The molecule has 0 aliphatic carbocycles. The first-order valence-electron chi connectivity index (χ1n) is 8.70. The van der Waals surface area contributed by atoms with Crippen LogP contribution in [-0.2, 0) is 30.5 Å². The van der Waals surface area contributed by atoms with Gasteiger partial charge in [-0.2, -0.15) is 0 Å². The predicted octanol–water partition coefficient (Wildman–Crippen LogP) is 1.53. The summed E-state index contributed by atoms with van der Waals surface area (Å²) in [5.41, 5.74) is 0.806. The third kappa shape index (κ3) is 5.29. The number of amides is 2. The summed E-state index contributed by atoms with van der Waals surface area (Å²) in [6.45, 7) is 3.37. The number of rotatable bonds is 6. The number of ketones is 1. The lowest BCUT2D eigenvalue weighted by atomic mass is 10.0. The van der Waals surface area contributed by atoms with E-state index in [9.17, 15) is 19.2 Å². The van der Waals surface area contributed by atoms with Gasteiger partial charge in [0.15, 0.2) is 5.78 Å². The second kappa shape index (κ2) is 9.16. The van der Waals surface area contributed by atoms with Crippen molar-refractivity contribution in [1.29, 1.82) is 0 Å². The number of esters is 1. The Morgan fingerprint density at radius 3 is 2.52 bits per heavy atom. The van der Waals surface area contributed by atoms with Crippen LogP contribution in [0.1, 0.15) is 27.3 Å². The van der Waals surface area contributed by atoms with Crippen molar-refractivity contribution in [3.05, 3.63) is 35.9 Å². The highest BCUT2D eigenvalue weighted by molar-refractivity contribution is 5.99. The second-order valence-electron chi connectivity index (χ2n) is 6.68. The van der Waals surface area contributed by atoms with Crippen LogP contribution >= 0.6 is 0 Å². The highest BCUT2D eigenvalue weighted by Crippen LogP contribution is 2.20. The van der Waals surface area contributed by atoms with Gasteiger partial charge in [0, 0.05) is 7.85 Å². The van der Waals surface area contributed by atoms with Crippen LogP contribution in [0.5, 0.6) is 0 Å². The number of benzene rings is 1. The maximum atomic E-state index is 12.9. The molecule has 0 spiro atoms. The summed E-state index contributed by atoms with van der Waals surface area (Å²) >= 11 is 0. The number of alkyl carbamates (subject to hydrolysis) is 1. The van der Waals surface area contributed by atoms with E-state index in [0.717, 1.165) is 5.56 Å². The fourth-order valence-electron chi connectivity index (χ4n) is 2.84. The lowest BCUT2D eigenvalue weighted by Gasteiger charge is -2.29. The summed E-state index contributed by atoms with van der Waals surface area (Å²) in [6, 6.07) is 7.22. The number of nitrogens with zero attached hydrogens (tertiary/aromatic N) is 1. The minimum absolute atomic E-state index is 0. The summed E-state index contributed by atoms with van der Waals surface area (Å²) < 4.78 is 9.83. The maximum absolute atomic E-state index is 12.9. The van der Waals surface area contributed by atoms with Gasteiger partial charge in [-0.25, -0.2) is 9.59 Å². The molecule has 2 atom stereocenters. The molecular weight excluding hydrogens is 352 g/mol. The molecule has 8 heteroatoms. The zero-order valence-corrected chi connectivity index (χ0v) is 15.6. The average Bonchev–Trinajstić information content (AvgIpc) is 3.05. The van der Waals surface area contributed by atoms with Crippen LogP contribution in [0, 0.1) is 5.92 Å². The van der Waals surface area contributed by atoms with Crippen molar-refractivity contribution in [3.8, 4) is 0 Å². The summed E-state index contributed by atoms with van der Waals surface area (Å²) in [7, 11) is 1.19. The normalized spacial score (nSPS) is 17.6. The quantitative estimate of drug-likeness (QED) is 0.753. The van der Waals surface area contributed by atoms with Crippen molar-refractivity contribution in [2.45, 2.75) is 39.0 Å². The van der Waals surface area contributed by atoms with Gasteiger partial charge in [0.2, 0.25) is 5.91 Å². The first-order chi connectivity index (χ1) is 12.8. The molecule has 1 aliphatic heterocycles. The zero-order chi connectivity index (χ0) is 20.0. The van der Waals surface area contributed by atoms with Gasteiger partial charge >= 0.3 is 12.1 Å². The van der Waals surface area contributed by atoms with Crippen LogP contribution in [0.2, 0.25) is 0 Å². The fourth-order valence-corrected chi connectivity index (χ4v) is 2.84. The number of methoxy groups -OCH3 is 1. The van der Waals surface area contributed by atoms with Gasteiger partial charge in [0.25, 0.3) is 0 Å². The van der Waals surface area contributed by atoms with Crippen molar-refractivity contribution in [3.63, 3.8) is 0 Å². The van der Waals surface area contributed by atoms with E-state index in [1.54, 1.807) is 13.8 Å². The molecule has 1 aromatic rings. The average molecular weight is 378 g/mol.